The monoisotopic (exact) mass is 250 g/mol. The third-order valence-electron chi connectivity index (χ3n) is 3.25. The smallest absolute Gasteiger partial charge is 0.323 e. The average Bonchev–Trinajstić information content (AvgIpc) is 2.34. The van der Waals surface area contributed by atoms with Crippen molar-refractivity contribution in [2.45, 2.75) is 25.9 Å². The van der Waals surface area contributed by atoms with Crippen molar-refractivity contribution < 1.29 is 9.90 Å². The Morgan fingerprint density at radius 3 is 2.67 bits per heavy atom. The summed E-state index contributed by atoms with van der Waals surface area (Å²) >= 11 is 0. The molecule has 1 fully saturated rings. The lowest BCUT2D eigenvalue weighted by atomic mass is 10.0. The van der Waals surface area contributed by atoms with E-state index in [1.165, 1.54) is 11.3 Å². The zero-order valence-electron chi connectivity index (χ0n) is 10.7. The Labute approximate surface area is 106 Å². The van der Waals surface area contributed by atoms with Gasteiger partial charge in [0.15, 0.2) is 0 Å². The standard InChI is InChI=1S/C12H18N4O2/c1-9-3-4-16(9)7-10-5-13-12(14-6-10)15(2)8-11(17)18/h5-6,9H,3-4,7-8H2,1-2H3,(H,17,18)/t9-/m0/s1. The van der Waals surface area contributed by atoms with E-state index in [0.717, 1.165) is 18.7 Å². The van der Waals surface area contributed by atoms with Gasteiger partial charge in [0.1, 0.15) is 6.54 Å². The summed E-state index contributed by atoms with van der Waals surface area (Å²) in [5.41, 5.74) is 1.06. The van der Waals surface area contributed by atoms with Crippen molar-refractivity contribution in [3.63, 3.8) is 0 Å². The van der Waals surface area contributed by atoms with Crippen molar-refractivity contribution in [2.75, 3.05) is 25.0 Å². The van der Waals surface area contributed by atoms with E-state index < -0.39 is 5.97 Å². The number of hydrogen-bond donors (Lipinski definition) is 1. The maximum Gasteiger partial charge on any atom is 0.323 e. The molecule has 1 aromatic rings. The van der Waals surface area contributed by atoms with Crippen LogP contribution in [0.1, 0.15) is 18.9 Å². The molecule has 0 amide bonds. The fourth-order valence-electron chi connectivity index (χ4n) is 1.94. The Morgan fingerprint density at radius 2 is 2.22 bits per heavy atom. The van der Waals surface area contributed by atoms with Crippen LogP contribution >= 0.6 is 0 Å². The number of likely N-dealkylation sites (tertiary alicyclic amines) is 1. The molecule has 1 atom stereocenters. The molecule has 2 rings (SSSR count). The zero-order valence-corrected chi connectivity index (χ0v) is 10.7. The molecular formula is C12H18N4O2. The fraction of sp³-hybridized carbons (Fsp3) is 0.583. The van der Waals surface area contributed by atoms with E-state index in [4.69, 9.17) is 5.11 Å². The van der Waals surface area contributed by atoms with Gasteiger partial charge in [0, 0.05) is 44.1 Å². The molecular weight excluding hydrogens is 232 g/mol. The third-order valence-corrected chi connectivity index (χ3v) is 3.25. The second-order valence-electron chi connectivity index (χ2n) is 4.75. The van der Waals surface area contributed by atoms with E-state index in [-0.39, 0.29) is 6.54 Å². The highest BCUT2D eigenvalue weighted by Crippen LogP contribution is 2.19. The summed E-state index contributed by atoms with van der Waals surface area (Å²) < 4.78 is 0. The van der Waals surface area contributed by atoms with Crippen LogP contribution in [-0.4, -0.2) is 52.1 Å². The summed E-state index contributed by atoms with van der Waals surface area (Å²) in [7, 11) is 1.67. The maximum absolute atomic E-state index is 10.6. The summed E-state index contributed by atoms with van der Waals surface area (Å²) in [6.45, 7) is 4.10. The van der Waals surface area contributed by atoms with Gasteiger partial charge in [-0.25, -0.2) is 9.97 Å². The number of likely N-dealkylation sites (N-methyl/N-ethyl adjacent to an activating group) is 1. The predicted octanol–water partition coefficient (Wildman–Crippen LogP) is 0.592. The summed E-state index contributed by atoms with van der Waals surface area (Å²) in [4.78, 5) is 22.8. The summed E-state index contributed by atoms with van der Waals surface area (Å²) in [5.74, 6) is -0.447. The molecule has 1 aliphatic rings. The molecule has 6 nitrogen and oxygen atoms in total. The molecule has 0 spiro atoms. The molecule has 1 N–H and O–H groups in total. The second-order valence-corrected chi connectivity index (χ2v) is 4.75. The van der Waals surface area contributed by atoms with Crippen molar-refractivity contribution in [1.82, 2.24) is 14.9 Å². The molecule has 0 saturated carbocycles. The number of carboxylic acid groups (broad SMARTS) is 1. The van der Waals surface area contributed by atoms with Crippen LogP contribution in [0.2, 0.25) is 0 Å². The number of carboxylic acids is 1. The van der Waals surface area contributed by atoms with Gasteiger partial charge in [-0.3, -0.25) is 9.69 Å². The first-order valence-electron chi connectivity index (χ1n) is 6.04. The number of carbonyl (C=O) groups is 1. The van der Waals surface area contributed by atoms with Crippen LogP contribution in [0, 0.1) is 0 Å². The van der Waals surface area contributed by atoms with Gasteiger partial charge in [-0.05, 0) is 13.3 Å². The molecule has 0 radical (unpaired) electrons. The van der Waals surface area contributed by atoms with E-state index >= 15 is 0 Å². The molecule has 1 saturated heterocycles. The molecule has 0 aromatic carbocycles. The van der Waals surface area contributed by atoms with E-state index in [9.17, 15) is 4.79 Å². The minimum Gasteiger partial charge on any atom is -0.480 e. The summed E-state index contributed by atoms with van der Waals surface area (Å²) in [6, 6.07) is 0.638. The Kier molecular flexibility index (Phi) is 3.76. The zero-order chi connectivity index (χ0) is 13.1. The van der Waals surface area contributed by atoms with E-state index in [1.807, 2.05) is 0 Å². The maximum atomic E-state index is 10.6. The number of hydrogen-bond acceptors (Lipinski definition) is 5. The number of aliphatic carboxylic acids is 1. The Balaban J connectivity index is 1.94. The molecule has 1 aliphatic heterocycles. The first-order valence-corrected chi connectivity index (χ1v) is 6.04. The van der Waals surface area contributed by atoms with Crippen molar-refractivity contribution >= 4 is 11.9 Å². The van der Waals surface area contributed by atoms with Crippen LogP contribution < -0.4 is 4.90 Å². The molecule has 0 aliphatic carbocycles. The van der Waals surface area contributed by atoms with Crippen LogP contribution in [0.4, 0.5) is 5.95 Å². The average molecular weight is 250 g/mol. The Bertz CT molecular complexity index is 421. The van der Waals surface area contributed by atoms with E-state index in [2.05, 4.69) is 21.8 Å². The van der Waals surface area contributed by atoms with Gasteiger partial charge in [0.05, 0.1) is 0 Å². The topological polar surface area (TPSA) is 69.6 Å². The summed E-state index contributed by atoms with van der Waals surface area (Å²) in [5, 5.41) is 8.68. The molecule has 2 heterocycles. The van der Waals surface area contributed by atoms with Gasteiger partial charge < -0.3 is 10.0 Å². The van der Waals surface area contributed by atoms with Crippen LogP contribution in [0.25, 0.3) is 0 Å². The minimum atomic E-state index is -0.889. The lowest BCUT2D eigenvalue weighted by Crippen LogP contribution is -2.44. The second kappa shape index (κ2) is 5.30. The minimum absolute atomic E-state index is 0.0947. The molecule has 1 aromatic heterocycles. The van der Waals surface area contributed by atoms with Crippen molar-refractivity contribution in [1.29, 1.82) is 0 Å². The van der Waals surface area contributed by atoms with E-state index in [0.29, 0.717) is 12.0 Å². The van der Waals surface area contributed by atoms with Gasteiger partial charge in [-0.1, -0.05) is 0 Å². The van der Waals surface area contributed by atoms with Gasteiger partial charge in [0.2, 0.25) is 5.95 Å². The normalized spacial score (nSPS) is 19.3. The molecule has 0 bridgehead atoms. The molecule has 6 heteroatoms. The van der Waals surface area contributed by atoms with Crippen LogP contribution in [0.5, 0.6) is 0 Å². The number of nitrogens with zero attached hydrogens (tertiary/aromatic N) is 4. The van der Waals surface area contributed by atoms with Gasteiger partial charge in [-0.15, -0.1) is 0 Å². The highest BCUT2D eigenvalue weighted by atomic mass is 16.4. The van der Waals surface area contributed by atoms with Gasteiger partial charge in [-0.2, -0.15) is 0 Å². The first-order chi connectivity index (χ1) is 8.56. The van der Waals surface area contributed by atoms with Crippen LogP contribution in [0.3, 0.4) is 0 Å². The largest absolute Gasteiger partial charge is 0.480 e. The third kappa shape index (κ3) is 2.95. The first kappa shape index (κ1) is 12.8. The quantitative estimate of drug-likeness (QED) is 0.825. The number of aromatic nitrogens is 2. The summed E-state index contributed by atoms with van der Waals surface area (Å²) in [6.07, 6.45) is 4.79. The van der Waals surface area contributed by atoms with E-state index in [1.54, 1.807) is 19.4 Å². The van der Waals surface area contributed by atoms with Crippen molar-refractivity contribution in [3.05, 3.63) is 18.0 Å². The van der Waals surface area contributed by atoms with Crippen LogP contribution in [-0.2, 0) is 11.3 Å². The Hall–Kier alpha value is -1.69. The van der Waals surface area contributed by atoms with Gasteiger partial charge in [0.25, 0.3) is 0 Å². The molecule has 0 unspecified atom stereocenters. The van der Waals surface area contributed by atoms with Crippen molar-refractivity contribution in [3.8, 4) is 0 Å². The number of rotatable bonds is 5. The van der Waals surface area contributed by atoms with Gasteiger partial charge >= 0.3 is 5.97 Å². The van der Waals surface area contributed by atoms with Crippen molar-refractivity contribution in [2.24, 2.45) is 0 Å². The lowest BCUT2D eigenvalue weighted by molar-refractivity contribution is -0.135. The van der Waals surface area contributed by atoms with Crippen LogP contribution in [0.15, 0.2) is 12.4 Å². The lowest BCUT2D eigenvalue weighted by Gasteiger charge is -2.38. The number of anilines is 1. The molecule has 98 valence electrons. The SMILES string of the molecule is C[C@H]1CCN1Cc1cnc(N(C)CC(=O)O)nc1. The highest BCUT2D eigenvalue weighted by molar-refractivity contribution is 5.72. The molecule has 18 heavy (non-hydrogen) atoms. The highest BCUT2D eigenvalue weighted by Gasteiger charge is 2.23. The predicted molar refractivity (Wildman–Crippen MR) is 67.4 cm³/mol. The fourth-order valence-corrected chi connectivity index (χ4v) is 1.94. The Morgan fingerprint density at radius 1 is 1.56 bits per heavy atom.